The minimum atomic E-state index is -0.0555. The molecule has 0 bridgehead atoms. The van der Waals surface area contributed by atoms with E-state index in [4.69, 9.17) is 23.8 Å². The highest BCUT2D eigenvalue weighted by Gasteiger charge is 2.20. The second kappa shape index (κ2) is 9.74. The third kappa shape index (κ3) is 5.59. The maximum Gasteiger partial charge on any atom is 0.238 e. The van der Waals surface area contributed by atoms with E-state index in [1.807, 2.05) is 28.9 Å². The van der Waals surface area contributed by atoms with E-state index in [9.17, 15) is 4.79 Å². The van der Waals surface area contributed by atoms with E-state index in [2.05, 4.69) is 44.3 Å². The van der Waals surface area contributed by atoms with Crippen molar-refractivity contribution in [2.24, 2.45) is 0 Å². The Hall–Kier alpha value is -2.52. The number of aromatic amines is 1. The molecule has 1 aliphatic heterocycles. The molecule has 2 heterocycles. The number of nitrogens with zero attached hydrogens (tertiary/aromatic N) is 4. The van der Waals surface area contributed by atoms with E-state index in [0.717, 1.165) is 37.6 Å². The van der Waals surface area contributed by atoms with Crippen molar-refractivity contribution in [1.82, 2.24) is 24.6 Å². The summed E-state index contributed by atoms with van der Waals surface area (Å²) in [4.78, 5) is 21.3. The summed E-state index contributed by atoms with van der Waals surface area (Å²) in [5.74, 6) is 0.722. The zero-order chi connectivity index (χ0) is 21.8. The summed E-state index contributed by atoms with van der Waals surface area (Å²) in [6, 6.07) is 15.5. The number of aromatic nitrogens is 3. The summed E-state index contributed by atoms with van der Waals surface area (Å²) in [7, 11) is 0. The molecule has 1 amide bonds. The van der Waals surface area contributed by atoms with Crippen molar-refractivity contribution >= 4 is 35.4 Å². The summed E-state index contributed by atoms with van der Waals surface area (Å²) in [5.41, 5.74) is 2.87. The summed E-state index contributed by atoms with van der Waals surface area (Å²) in [6.07, 6.45) is 0. The van der Waals surface area contributed by atoms with Crippen molar-refractivity contribution in [3.05, 3.63) is 63.9 Å². The Morgan fingerprint density at radius 3 is 2.48 bits per heavy atom. The lowest BCUT2D eigenvalue weighted by Gasteiger charge is -2.34. The van der Waals surface area contributed by atoms with Gasteiger partial charge in [-0.2, -0.15) is 4.98 Å². The number of H-pyrrole nitrogens is 1. The molecule has 1 fully saturated rings. The lowest BCUT2D eigenvalue weighted by atomic mass is 10.1. The number of benzene rings is 2. The summed E-state index contributed by atoms with van der Waals surface area (Å²) < 4.78 is 2.43. The molecule has 2 aromatic carbocycles. The smallest absolute Gasteiger partial charge is 0.238 e. The molecule has 2 N–H and O–H groups in total. The lowest BCUT2D eigenvalue weighted by molar-refractivity contribution is -0.117. The lowest BCUT2D eigenvalue weighted by Crippen LogP contribution is -2.49. The van der Waals surface area contributed by atoms with Gasteiger partial charge < -0.3 is 5.32 Å². The first-order valence-electron chi connectivity index (χ1n) is 10.2. The second-order valence-corrected chi connectivity index (χ2v) is 8.48. The standard InChI is InChI=1S/C22H25ClN6OS/c1-16-6-8-17(9-7-16)21-25-22(31)29(26-21)15-28-12-10-27(11-13-28)14-20(30)24-19-5-3-2-4-18(19)23/h2-9H,10-15H2,1H3,(H,24,30)(H,25,26,31). The molecule has 162 valence electrons. The van der Waals surface area contributed by atoms with Crippen LogP contribution in [-0.2, 0) is 11.5 Å². The molecule has 0 aliphatic carbocycles. The molecule has 7 nitrogen and oxygen atoms in total. The number of hydrogen-bond acceptors (Lipinski definition) is 5. The fourth-order valence-corrected chi connectivity index (χ4v) is 3.91. The van der Waals surface area contributed by atoms with Gasteiger partial charge in [-0.05, 0) is 31.3 Å². The fraction of sp³-hybridized carbons (Fsp3) is 0.318. The molecule has 0 unspecified atom stereocenters. The van der Waals surface area contributed by atoms with Crippen molar-refractivity contribution in [3.63, 3.8) is 0 Å². The Kier molecular flexibility index (Phi) is 6.82. The van der Waals surface area contributed by atoms with Crippen molar-refractivity contribution in [2.45, 2.75) is 13.6 Å². The average Bonchev–Trinajstić information content (AvgIpc) is 3.12. The molecule has 0 radical (unpaired) electrons. The van der Waals surface area contributed by atoms with Crippen LogP contribution < -0.4 is 5.32 Å². The van der Waals surface area contributed by atoms with Gasteiger partial charge in [0.1, 0.15) is 0 Å². The summed E-state index contributed by atoms with van der Waals surface area (Å²) in [5, 5.41) is 6.73. The number of carbonyl (C=O) groups is 1. The van der Waals surface area contributed by atoms with E-state index in [0.29, 0.717) is 28.7 Å². The van der Waals surface area contributed by atoms with Crippen LogP contribution in [-0.4, -0.2) is 63.2 Å². The number of aryl methyl sites for hydroxylation is 1. The molecule has 31 heavy (non-hydrogen) atoms. The number of nitrogens with one attached hydrogen (secondary N) is 2. The predicted octanol–water partition coefficient (Wildman–Crippen LogP) is 3.78. The average molecular weight is 457 g/mol. The maximum atomic E-state index is 12.4. The van der Waals surface area contributed by atoms with Crippen molar-refractivity contribution < 1.29 is 4.79 Å². The molecular formula is C22H25ClN6OS. The van der Waals surface area contributed by atoms with Gasteiger partial charge in [-0.3, -0.25) is 19.7 Å². The van der Waals surface area contributed by atoms with Gasteiger partial charge in [-0.25, -0.2) is 4.68 Å². The topological polar surface area (TPSA) is 69.2 Å². The number of para-hydroxylation sites is 1. The fourth-order valence-electron chi connectivity index (χ4n) is 3.54. The number of piperazine rings is 1. The minimum absolute atomic E-state index is 0.0555. The molecule has 1 saturated heterocycles. The van der Waals surface area contributed by atoms with Crippen LogP contribution in [0.2, 0.25) is 5.02 Å². The van der Waals surface area contributed by atoms with Crippen molar-refractivity contribution in [3.8, 4) is 11.4 Å². The number of anilines is 1. The molecule has 1 aromatic heterocycles. The molecular weight excluding hydrogens is 432 g/mol. The van der Waals surface area contributed by atoms with Gasteiger partial charge >= 0.3 is 0 Å². The van der Waals surface area contributed by atoms with Crippen LogP contribution in [0.25, 0.3) is 11.4 Å². The third-order valence-electron chi connectivity index (χ3n) is 5.33. The van der Waals surface area contributed by atoms with E-state index in [1.54, 1.807) is 12.1 Å². The van der Waals surface area contributed by atoms with Gasteiger partial charge in [0.2, 0.25) is 10.7 Å². The van der Waals surface area contributed by atoms with Crippen LogP contribution in [0.3, 0.4) is 0 Å². The predicted molar refractivity (Wildman–Crippen MR) is 126 cm³/mol. The maximum absolute atomic E-state index is 12.4. The largest absolute Gasteiger partial charge is 0.324 e. The van der Waals surface area contributed by atoms with Crippen LogP contribution in [0, 0.1) is 11.7 Å². The van der Waals surface area contributed by atoms with Crippen LogP contribution in [0.5, 0.6) is 0 Å². The molecule has 0 spiro atoms. The second-order valence-electron chi connectivity index (χ2n) is 7.71. The highest BCUT2D eigenvalue weighted by Crippen LogP contribution is 2.20. The molecule has 3 aromatic rings. The number of hydrogen-bond donors (Lipinski definition) is 2. The van der Waals surface area contributed by atoms with Crippen LogP contribution in [0.15, 0.2) is 48.5 Å². The molecule has 1 aliphatic rings. The molecule has 9 heteroatoms. The normalized spacial score (nSPS) is 15.2. The van der Waals surface area contributed by atoms with Crippen LogP contribution in [0.4, 0.5) is 5.69 Å². The van der Waals surface area contributed by atoms with E-state index in [1.165, 1.54) is 5.56 Å². The Balaban J connectivity index is 1.28. The molecule has 0 atom stereocenters. The van der Waals surface area contributed by atoms with E-state index < -0.39 is 0 Å². The third-order valence-corrected chi connectivity index (χ3v) is 5.97. The number of carbonyl (C=O) groups excluding carboxylic acids is 1. The summed E-state index contributed by atoms with van der Waals surface area (Å²) >= 11 is 11.6. The highest BCUT2D eigenvalue weighted by molar-refractivity contribution is 7.71. The van der Waals surface area contributed by atoms with Gasteiger partial charge in [0, 0.05) is 31.7 Å². The quantitative estimate of drug-likeness (QED) is 0.552. The van der Waals surface area contributed by atoms with Crippen LogP contribution >= 0.6 is 23.8 Å². The zero-order valence-electron chi connectivity index (χ0n) is 17.3. The van der Waals surface area contributed by atoms with E-state index in [-0.39, 0.29) is 5.91 Å². The first-order chi connectivity index (χ1) is 15.0. The SMILES string of the molecule is Cc1ccc(-c2nc(=S)n(CN3CCN(CC(=O)Nc4ccccc4Cl)CC3)[nH]2)cc1. The highest BCUT2D eigenvalue weighted by atomic mass is 35.5. The van der Waals surface area contributed by atoms with Gasteiger partial charge in [0.25, 0.3) is 0 Å². The van der Waals surface area contributed by atoms with Gasteiger partial charge in [-0.15, -0.1) is 0 Å². The van der Waals surface area contributed by atoms with Crippen molar-refractivity contribution in [1.29, 1.82) is 0 Å². The van der Waals surface area contributed by atoms with E-state index >= 15 is 0 Å². The summed E-state index contributed by atoms with van der Waals surface area (Å²) in [6.45, 7) is 6.37. The zero-order valence-corrected chi connectivity index (χ0v) is 18.9. The Labute approximate surface area is 191 Å². The monoisotopic (exact) mass is 456 g/mol. The van der Waals surface area contributed by atoms with Gasteiger partial charge in [0.15, 0.2) is 5.82 Å². The van der Waals surface area contributed by atoms with Crippen molar-refractivity contribution in [2.75, 3.05) is 38.0 Å². The first-order valence-corrected chi connectivity index (χ1v) is 11.0. The number of amides is 1. The Bertz CT molecular complexity index is 1100. The Morgan fingerprint density at radius 2 is 1.77 bits per heavy atom. The van der Waals surface area contributed by atoms with Gasteiger partial charge in [-0.1, -0.05) is 53.6 Å². The minimum Gasteiger partial charge on any atom is -0.324 e. The van der Waals surface area contributed by atoms with Crippen LogP contribution in [0.1, 0.15) is 5.56 Å². The number of halogens is 1. The molecule has 0 saturated carbocycles. The first kappa shape index (κ1) is 21.7. The molecule has 4 rings (SSSR count). The van der Waals surface area contributed by atoms with Gasteiger partial charge in [0.05, 0.1) is 23.9 Å². The number of rotatable bonds is 6. The Morgan fingerprint density at radius 1 is 1.10 bits per heavy atom.